The first kappa shape index (κ1) is 12.0. The summed E-state index contributed by atoms with van der Waals surface area (Å²) in [5, 5.41) is 3.55. The van der Waals surface area contributed by atoms with Gasteiger partial charge in [-0.05, 0) is 23.6 Å². The van der Waals surface area contributed by atoms with E-state index < -0.39 is 0 Å². The molecule has 98 valence electrons. The van der Waals surface area contributed by atoms with Gasteiger partial charge in [0.15, 0.2) is 0 Å². The Kier molecular flexibility index (Phi) is 3.27. The molecule has 2 fully saturated rings. The number of fused-ring (bicyclic) bond motifs is 1. The summed E-state index contributed by atoms with van der Waals surface area (Å²) in [6.07, 6.45) is 0.362. The van der Waals surface area contributed by atoms with Gasteiger partial charge in [-0.3, -0.25) is 0 Å². The number of hydrogen-bond acceptors (Lipinski definition) is 3. The number of anilines is 1. The lowest BCUT2D eigenvalue weighted by molar-refractivity contribution is 0.0212. The van der Waals surface area contributed by atoms with Gasteiger partial charge in [0.1, 0.15) is 0 Å². The quantitative estimate of drug-likeness (QED) is 0.863. The van der Waals surface area contributed by atoms with Gasteiger partial charge in [-0.15, -0.1) is 0 Å². The van der Waals surface area contributed by atoms with Gasteiger partial charge in [0.2, 0.25) is 0 Å². The zero-order valence-corrected chi connectivity index (χ0v) is 11.2. The summed E-state index contributed by atoms with van der Waals surface area (Å²) in [4.78, 5) is 2.44. The van der Waals surface area contributed by atoms with Crippen LogP contribution in [0.5, 0.6) is 0 Å². The van der Waals surface area contributed by atoms with Crippen molar-refractivity contribution in [3.63, 3.8) is 0 Å². The first-order valence-corrected chi connectivity index (χ1v) is 6.94. The van der Waals surface area contributed by atoms with E-state index in [4.69, 9.17) is 4.74 Å². The molecule has 0 bridgehead atoms. The van der Waals surface area contributed by atoms with Crippen LogP contribution in [0.4, 0.5) is 5.69 Å². The van der Waals surface area contributed by atoms with Crippen molar-refractivity contribution in [1.82, 2.24) is 5.32 Å². The van der Waals surface area contributed by atoms with E-state index in [1.54, 1.807) is 0 Å². The van der Waals surface area contributed by atoms with Gasteiger partial charge in [0.05, 0.1) is 18.8 Å². The molecule has 2 aliphatic heterocycles. The largest absolute Gasteiger partial charge is 0.373 e. The molecule has 2 unspecified atom stereocenters. The van der Waals surface area contributed by atoms with Crippen LogP contribution in [0, 0.1) is 0 Å². The Bertz CT molecular complexity index is 405. The minimum atomic E-state index is 0.362. The van der Waals surface area contributed by atoms with E-state index >= 15 is 0 Å². The Morgan fingerprint density at radius 2 is 2.22 bits per heavy atom. The number of benzene rings is 1. The van der Waals surface area contributed by atoms with Crippen molar-refractivity contribution in [1.29, 1.82) is 0 Å². The second-order valence-electron chi connectivity index (χ2n) is 5.62. The van der Waals surface area contributed by atoms with Crippen LogP contribution in [0.3, 0.4) is 0 Å². The van der Waals surface area contributed by atoms with E-state index in [-0.39, 0.29) is 0 Å². The van der Waals surface area contributed by atoms with Crippen LogP contribution < -0.4 is 10.2 Å². The van der Waals surface area contributed by atoms with Gasteiger partial charge in [-0.2, -0.15) is 0 Å². The van der Waals surface area contributed by atoms with E-state index in [2.05, 4.69) is 48.3 Å². The van der Waals surface area contributed by atoms with Crippen molar-refractivity contribution in [2.24, 2.45) is 0 Å². The number of morpholine rings is 1. The van der Waals surface area contributed by atoms with Crippen LogP contribution in [-0.2, 0) is 4.74 Å². The lowest BCUT2D eigenvalue weighted by atomic mass is 10.0. The van der Waals surface area contributed by atoms with Crippen molar-refractivity contribution >= 4 is 5.69 Å². The van der Waals surface area contributed by atoms with Crippen LogP contribution in [0.1, 0.15) is 25.3 Å². The van der Waals surface area contributed by atoms with Gasteiger partial charge in [0, 0.05) is 25.3 Å². The van der Waals surface area contributed by atoms with Crippen molar-refractivity contribution in [3.8, 4) is 0 Å². The summed E-state index contributed by atoms with van der Waals surface area (Å²) in [6, 6.07) is 9.42. The number of ether oxygens (including phenoxy) is 1. The summed E-state index contributed by atoms with van der Waals surface area (Å²) in [5.41, 5.74) is 2.75. The van der Waals surface area contributed by atoms with Crippen LogP contribution >= 0.6 is 0 Å². The Morgan fingerprint density at radius 1 is 1.33 bits per heavy atom. The fourth-order valence-corrected chi connectivity index (χ4v) is 2.88. The Morgan fingerprint density at radius 3 is 3.00 bits per heavy atom. The molecule has 1 N–H and O–H groups in total. The van der Waals surface area contributed by atoms with Crippen molar-refractivity contribution in [3.05, 3.63) is 29.8 Å². The number of nitrogens with one attached hydrogen (secondary N) is 1. The third kappa shape index (κ3) is 2.25. The van der Waals surface area contributed by atoms with E-state index in [0.29, 0.717) is 18.1 Å². The van der Waals surface area contributed by atoms with Gasteiger partial charge >= 0.3 is 0 Å². The molecular weight excluding hydrogens is 224 g/mol. The average molecular weight is 246 g/mol. The van der Waals surface area contributed by atoms with E-state index in [1.807, 2.05) is 0 Å². The van der Waals surface area contributed by atoms with Crippen LogP contribution in [0.15, 0.2) is 24.3 Å². The molecular formula is C15H22N2O. The highest BCUT2D eigenvalue weighted by Gasteiger charge is 2.35. The first-order valence-electron chi connectivity index (χ1n) is 6.94. The third-order valence-electron chi connectivity index (χ3n) is 4.01. The van der Waals surface area contributed by atoms with Crippen LogP contribution in [0.25, 0.3) is 0 Å². The van der Waals surface area contributed by atoms with Gasteiger partial charge in [-0.1, -0.05) is 26.0 Å². The van der Waals surface area contributed by atoms with E-state index in [0.717, 1.165) is 26.2 Å². The maximum absolute atomic E-state index is 5.83. The zero-order chi connectivity index (χ0) is 12.5. The second kappa shape index (κ2) is 4.90. The Hall–Kier alpha value is -1.06. The summed E-state index contributed by atoms with van der Waals surface area (Å²) in [6.45, 7) is 8.40. The molecule has 0 amide bonds. The molecule has 3 nitrogen and oxygen atoms in total. The average Bonchev–Trinajstić information content (AvgIpc) is 2.82. The highest BCUT2D eigenvalue weighted by Crippen LogP contribution is 2.26. The lowest BCUT2D eigenvalue weighted by Gasteiger charge is -2.25. The SMILES string of the molecule is CC(C)c1cccc(N2CC3NCCOC3C2)c1. The third-order valence-corrected chi connectivity index (χ3v) is 4.01. The van der Waals surface area contributed by atoms with Gasteiger partial charge in [0.25, 0.3) is 0 Å². The standard InChI is InChI=1S/C15H22N2O/c1-11(2)12-4-3-5-13(8-12)17-9-14-15(10-17)18-7-6-16-14/h3-5,8,11,14-16H,6-7,9-10H2,1-2H3. The summed E-state index contributed by atoms with van der Waals surface area (Å²) in [5.74, 6) is 0.587. The van der Waals surface area contributed by atoms with Crippen molar-refractivity contribution in [2.45, 2.75) is 31.9 Å². The molecule has 2 saturated heterocycles. The lowest BCUT2D eigenvalue weighted by Crippen LogP contribution is -2.47. The maximum Gasteiger partial charge on any atom is 0.0920 e. The fraction of sp³-hybridized carbons (Fsp3) is 0.600. The Labute approximate surface area is 109 Å². The van der Waals surface area contributed by atoms with Gasteiger partial charge in [-0.25, -0.2) is 0 Å². The van der Waals surface area contributed by atoms with Crippen molar-refractivity contribution < 1.29 is 4.74 Å². The zero-order valence-electron chi connectivity index (χ0n) is 11.2. The highest BCUT2D eigenvalue weighted by atomic mass is 16.5. The number of nitrogens with zero attached hydrogens (tertiary/aromatic N) is 1. The molecule has 0 radical (unpaired) electrons. The van der Waals surface area contributed by atoms with Crippen LogP contribution in [-0.4, -0.2) is 38.4 Å². The highest BCUT2D eigenvalue weighted by molar-refractivity contribution is 5.51. The predicted molar refractivity (Wildman–Crippen MR) is 74.3 cm³/mol. The van der Waals surface area contributed by atoms with Crippen LogP contribution in [0.2, 0.25) is 0 Å². The minimum Gasteiger partial charge on any atom is -0.373 e. The molecule has 0 saturated carbocycles. The molecule has 3 heteroatoms. The maximum atomic E-state index is 5.83. The molecule has 0 aliphatic carbocycles. The smallest absolute Gasteiger partial charge is 0.0920 e. The van der Waals surface area contributed by atoms with E-state index in [9.17, 15) is 0 Å². The molecule has 2 heterocycles. The molecule has 0 spiro atoms. The van der Waals surface area contributed by atoms with Crippen molar-refractivity contribution in [2.75, 3.05) is 31.1 Å². The predicted octanol–water partition coefficient (Wildman–Crippen LogP) is 1.99. The molecule has 1 aromatic rings. The molecule has 1 aromatic carbocycles. The molecule has 2 atom stereocenters. The number of rotatable bonds is 2. The number of hydrogen-bond donors (Lipinski definition) is 1. The van der Waals surface area contributed by atoms with Gasteiger partial charge < -0.3 is 15.0 Å². The van der Waals surface area contributed by atoms with E-state index in [1.165, 1.54) is 11.3 Å². The normalized spacial score (nSPS) is 27.6. The first-order chi connectivity index (χ1) is 8.74. The molecule has 3 rings (SSSR count). The topological polar surface area (TPSA) is 24.5 Å². The summed E-state index contributed by atoms with van der Waals surface area (Å²) >= 11 is 0. The molecule has 2 aliphatic rings. The second-order valence-corrected chi connectivity index (χ2v) is 5.62. The fourth-order valence-electron chi connectivity index (χ4n) is 2.88. The summed E-state index contributed by atoms with van der Waals surface area (Å²) in [7, 11) is 0. The summed E-state index contributed by atoms with van der Waals surface area (Å²) < 4.78 is 5.83. The Balaban J connectivity index is 1.77. The molecule has 0 aromatic heterocycles. The minimum absolute atomic E-state index is 0.362. The molecule has 18 heavy (non-hydrogen) atoms. The monoisotopic (exact) mass is 246 g/mol.